The highest BCUT2D eigenvalue weighted by Gasteiger charge is 2.15. The number of hydrogen-bond acceptors (Lipinski definition) is 3. The highest BCUT2D eigenvalue weighted by atomic mass is 35.5. The Morgan fingerprint density at radius 3 is 2.50 bits per heavy atom. The molecule has 0 saturated heterocycles. The van der Waals surface area contributed by atoms with Crippen LogP contribution in [0.3, 0.4) is 0 Å². The standard InChI is InChI=1S/C21H17ClFN3O2/c1-13(14-5-3-2-4-6-14)25-21(28)19-11-15(9-10-24-19)20(27)26-16-7-8-18(23)17(22)12-16/h2-13H,1H3,(H,25,28)(H,26,27). The molecule has 3 aromatic rings. The zero-order valence-corrected chi connectivity index (χ0v) is 15.7. The molecule has 0 aliphatic rings. The van der Waals surface area contributed by atoms with Crippen LogP contribution in [-0.4, -0.2) is 16.8 Å². The van der Waals surface area contributed by atoms with Gasteiger partial charge in [0.2, 0.25) is 0 Å². The average Bonchev–Trinajstić information content (AvgIpc) is 2.71. The van der Waals surface area contributed by atoms with Crippen molar-refractivity contribution in [3.63, 3.8) is 0 Å². The fourth-order valence-electron chi connectivity index (χ4n) is 2.57. The Kier molecular flexibility index (Phi) is 6.01. The number of rotatable bonds is 5. The Morgan fingerprint density at radius 1 is 1.04 bits per heavy atom. The Bertz CT molecular complexity index is 1010. The third kappa shape index (κ3) is 4.72. The third-order valence-corrected chi connectivity index (χ3v) is 4.37. The number of carbonyl (C=O) groups excluding carboxylic acids is 2. The SMILES string of the molecule is CC(NC(=O)c1cc(C(=O)Nc2ccc(F)c(Cl)c2)ccn1)c1ccccc1. The summed E-state index contributed by atoms with van der Waals surface area (Å²) >= 11 is 5.72. The van der Waals surface area contributed by atoms with E-state index in [-0.39, 0.29) is 22.3 Å². The van der Waals surface area contributed by atoms with Crippen LogP contribution in [0, 0.1) is 5.82 Å². The van der Waals surface area contributed by atoms with Crippen molar-refractivity contribution in [1.29, 1.82) is 0 Å². The smallest absolute Gasteiger partial charge is 0.270 e. The summed E-state index contributed by atoms with van der Waals surface area (Å²) in [5, 5.41) is 5.36. The minimum Gasteiger partial charge on any atom is -0.344 e. The molecule has 1 aromatic heterocycles. The van der Waals surface area contributed by atoms with Crippen molar-refractivity contribution in [2.24, 2.45) is 0 Å². The first-order valence-corrected chi connectivity index (χ1v) is 8.90. The summed E-state index contributed by atoms with van der Waals surface area (Å²) in [5.74, 6) is -1.43. The molecule has 0 saturated carbocycles. The number of anilines is 1. The van der Waals surface area contributed by atoms with Gasteiger partial charge in [-0.05, 0) is 42.8 Å². The van der Waals surface area contributed by atoms with Crippen LogP contribution >= 0.6 is 11.6 Å². The van der Waals surface area contributed by atoms with E-state index in [0.29, 0.717) is 5.69 Å². The predicted molar refractivity (Wildman–Crippen MR) is 106 cm³/mol. The van der Waals surface area contributed by atoms with E-state index in [1.807, 2.05) is 37.3 Å². The van der Waals surface area contributed by atoms with E-state index >= 15 is 0 Å². The van der Waals surface area contributed by atoms with E-state index in [0.717, 1.165) is 11.6 Å². The quantitative estimate of drug-likeness (QED) is 0.660. The molecule has 2 amide bonds. The lowest BCUT2D eigenvalue weighted by Gasteiger charge is -2.14. The molecule has 0 aliphatic heterocycles. The molecule has 7 heteroatoms. The zero-order chi connectivity index (χ0) is 20.1. The van der Waals surface area contributed by atoms with Gasteiger partial charge in [-0.1, -0.05) is 41.9 Å². The van der Waals surface area contributed by atoms with Crippen molar-refractivity contribution in [2.75, 3.05) is 5.32 Å². The topological polar surface area (TPSA) is 71.1 Å². The molecule has 0 aliphatic carbocycles. The summed E-state index contributed by atoms with van der Waals surface area (Å²) in [4.78, 5) is 28.9. The second-order valence-corrected chi connectivity index (χ2v) is 6.53. The van der Waals surface area contributed by atoms with Gasteiger partial charge in [-0.3, -0.25) is 14.6 Å². The van der Waals surface area contributed by atoms with Crippen molar-refractivity contribution < 1.29 is 14.0 Å². The predicted octanol–water partition coefficient (Wildman–Crippen LogP) is 4.62. The van der Waals surface area contributed by atoms with Crippen LogP contribution in [0.25, 0.3) is 0 Å². The van der Waals surface area contributed by atoms with E-state index in [9.17, 15) is 14.0 Å². The lowest BCUT2D eigenvalue weighted by molar-refractivity contribution is 0.0935. The van der Waals surface area contributed by atoms with E-state index in [2.05, 4.69) is 15.6 Å². The Balaban J connectivity index is 1.71. The summed E-state index contributed by atoms with van der Waals surface area (Å²) in [6.45, 7) is 1.86. The van der Waals surface area contributed by atoms with Gasteiger partial charge in [-0.15, -0.1) is 0 Å². The van der Waals surface area contributed by atoms with Crippen molar-refractivity contribution >= 4 is 29.1 Å². The van der Waals surface area contributed by atoms with Crippen LogP contribution in [0.4, 0.5) is 10.1 Å². The number of hydrogen-bond donors (Lipinski definition) is 2. The van der Waals surface area contributed by atoms with Gasteiger partial charge >= 0.3 is 0 Å². The summed E-state index contributed by atoms with van der Waals surface area (Å²) < 4.78 is 13.2. The van der Waals surface area contributed by atoms with Crippen molar-refractivity contribution in [1.82, 2.24) is 10.3 Å². The number of aromatic nitrogens is 1. The van der Waals surface area contributed by atoms with Gasteiger partial charge in [0, 0.05) is 17.4 Å². The molecule has 3 rings (SSSR count). The molecule has 1 unspecified atom stereocenters. The molecule has 0 spiro atoms. The fourth-order valence-corrected chi connectivity index (χ4v) is 2.75. The molecule has 142 valence electrons. The first-order valence-electron chi connectivity index (χ1n) is 8.52. The summed E-state index contributed by atoms with van der Waals surface area (Å²) in [5.41, 5.74) is 1.66. The van der Waals surface area contributed by atoms with Gasteiger partial charge in [0.15, 0.2) is 0 Å². The summed E-state index contributed by atoms with van der Waals surface area (Å²) in [6, 6.07) is 16.0. The molecule has 2 N–H and O–H groups in total. The molecule has 0 bridgehead atoms. The lowest BCUT2D eigenvalue weighted by Crippen LogP contribution is -2.27. The normalized spacial score (nSPS) is 11.5. The van der Waals surface area contributed by atoms with Crippen LogP contribution in [0.2, 0.25) is 5.02 Å². The van der Waals surface area contributed by atoms with Gasteiger partial charge in [-0.25, -0.2) is 4.39 Å². The Morgan fingerprint density at radius 2 is 1.79 bits per heavy atom. The van der Waals surface area contributed by atoms with Crippen molar-refractivity contribution in [3.8, 4) is 0 Å². The van der Waals surface area contributed by atoms with Crippen LogP contribution in [0.5, 0.6) is 0 Å². The summed E-state index contributed by atoms with van der Waals surface area (Å²) in [6.07, 6.45) is 1.38. The maximum atomic E-state index is 13.2. The molecule has 28 heavy (non-hydrogen) atoms. The number of amides is 2. The minimum absolute atomic E-state index is 0.0949. The lowest BCUT2D eigenvalue weighted by atomic mass is 10.1. The zero-order valence-electron chi connectivity index (χ0n) is 14.9. The highest BCUT2D eigenvalue weighted by Crippen LogP contribution is 2.20. The minimum atomic E-state index is -0.574. The second-order valence-electron chi connectivity index (χ2n) is 6.12. The molecule has 1 heterocycles. The molecule has 5 nitrogen and oxygen atoms in total. The number of carbonyl (C=O) groups is 2. The van der Waals surface area contributed by atoms with E-state index in [1.54, 1.807) is 0 Å². The Hall–Kier alpha value is -3.25. The summed E-state index contributed by atoms with van der Waals surface area (Å²) in [7, 11) is 0. The van der Waals surface area contributed by atoms with E-state index in [4.69, 9.17) is 11.6 Å². The van der Waals surface area contributed by atoms with Gasteiger partial charge in [0.25, 0.3) is 11.8 Å². The van der Waals surface area contributed by atoms with Gasteiger partial charge in [0.1, 0.15) is 11.5 Å². The first-order chi connectivity index (χ1) is 13.4. The molecule has 0 fully saturated rings. The molecular formula is C21H17ClFN3O2. The maximum Gasteiger partial charge on any atom is 0.270 e. The third-order valence-electron chi connectivity index (χ3n) is 4.08. The average molecular weight is 398 g/mol. The molecule has 0 radical (unpaired) electrons. The van der Waals surface area contributed by atoms with Gasteiger partial charge < -0.3 is 10.6 Å². The van der Waals surface area contributed by atoms with Crippen molar-refractivity contribution in [3.05, 3.63) is 94.5 Å². The van der Waals surface area contributed by atoms with E-state index < -0.39 is 17.6 Å². The maximum absolute atomic E-state index is 13.2. The van der Waals surface area contributed by atoms with Gasteiger partial charge in [-0.2, -0.15) is 0 Å². The van der Waals surface area contributed by atoms with Crippen LogP contribution < -0.4 is 10.6 Å². The highest BCUT2D eigenvalue weighted by molar-refractivity contribution is 6.31. The second kappa shape index (κ2) is 8.63. The van der Waals surface area contributed by atoms with Crippen LogP contribution in [-0.2, 0) is 0 Å². The first kappa shape index (κ1) is 19.5. The number of nitrogens with one attached hydrogen (secondary N) is 2. The fraction of sp³-hybridized carbons (Fsp3) is 0.0952. The molecular weight excluding hydrogens is 381 g/mol. The molecule has 2 aromatic carbocycles. The van der Waals surface area contributed by atoms with Crippen LogP contribution in [0.1, 0.15) is 39.4 Å². The molecule has 1 atom stereocenters. The number of benzene rings is 2. The van der Waals surface area contributed by atoms with E-state index in [1.165, 1.54) is 30.5 Å². The van der Waals surface area contributed by atoms with Gasteiger partial charge in [0.05, 0.1) is 11.1 Å². The number of halogens is 2. The number of pyridine rings is 1. The monoisotopic (exact) mass is 397 g/mol. The number of nitrogens with zero attached hydrogens (tertiary/aromatic N) is 1. The van der Waals surface area contributed by atoms with Crippen LogP contribution in [0.15, 0.2) is 66.9 Å². The Labute approximate surface area is 166 Å². The van der Waals surface area contributed by atoms with Crippen molar-refractivity contribution in [2.45, 2.75) is 13.0 Å². The largest absolute Gasteiger partial charge is 0.344 e.